The molecule has 0 amide bonds. The molecule has 1 unspecified atom stereocenters. The number of nitrogens with zero attached hydrogens (tertiary/aromatic N) is 4. The van der Waals surface area contributed by atoms with E-state index in [0.29, 0.717) is 24.0 Å². The van der Waals surface area contributed by atoms with Crippen molar-refractivity contribution in [2.24, 2.45) is 0 Å². The van der Waals surface area contributed by atoms with Gasteiger partial charge in [-0.25, -0.2) is 4.98 Å². The van der Waals surface area contributed by atoms with Crippen LogP contribution in [0.4, 0.5) is 5.82 Å². The zero-order valence-electron chi connectivity index (χ0n) is 16.0. The molecule has 2 fully saturated rings. The summed E-state index contributed by atoms with van der Waals surface area (Å²) in [6.45, 7) is 9.52. The van der Waals surface area contributed by atoms with Crippen LogP contribution < -0.4 is 5.73 Å². The monoisotopic (exact) mass is 355 g/mol. The van der Waals surface area contributed by atoms with Gasteiger partial charge in [-0.1, -0.05) is 0 Å². The van der Waals surface area contributed by atoms with E-state index in [0.717, 1.165) is 49.4 Å². The standard InChI is InChI=1S/C20H29N5O/c1-13(2)25-18(15-4-7-24(8-5-15)19-6-9-26-19)11-17(23-25)16-10-14(3)20(21)22-12-16/h10-13,15,19H,4-9H2,1-3H3,(H2,21,22). The van der Waals surface area contributed by atoms with E-state index < -0.39 is 0 Å². The maximum Gasteiger partial charge on any atom is 0.126 e. The van der Waals surface area contributed by atoms with E-state index >= 15 is 0 Å². The fraction of sp³-hybridized carbons (Fsp3) is 0.600. The summed E-state index contributed by atoms with van der Waals surface area (Å²) in [5, 5.41) is 4.90. The van der Waals surface area contributed by atoms with Crippen LogP contribution in [0.5, 0.6) is 0 Å². The van der Waals surface area contributed by atoms with Gasteiger partial charge in [0.2, 0.25) is 0 Å². The largest absolute Gasteiger partial charge is 0.383 e. The van der Waals surface area contributed by atoms with Gasteiger partial charge in [-0.15, -0.1) is 0 Å². The lowest BCUT2D eigenvalue weighted by Gasteiger charge is -2.41. The van der Waals surface area contributed by atoms with Crippen LogP contribution in [0.3, 0.4) is 0 Å². The molecular weight excluding hydrogens is 326 g/mol. The topological polar surface area (TPSA) is 69.2 Å². The van der Waals surface area contributed by atoms with Gasteiger partial charge in [-0.3, -0.25) is 9.58 Å². The minimum Gasteiger partial charge on any atom is -0.383 e. The third kappa shape index (κ3) is 3.23. The number of hydrogen-bond donors (Lipinski definition) is 1. The second kappa shape index (κ2) is 7.00. The molecule has 26 heavy (non-hydrogen) atoms. The second-order valence-corrected chi connectivity index (χ2v) is 7.84. The molecule has 140 valence electrons. The predicted molar refractivity (Wildman–Crippen MR) is 103 cm³/mol. The van der Waals surface area contributed by atoms with E-state index in [4.69, 9.17) is 15.6 Å². The number of nitrogens with two attached hydrogens (primary N) is 1. The molecule has 0 bridgehead atoms. The zero-order chi connectivity index (χ0) is 18.3. The van der Waals surface area contributed by atoms with Gasteiger partial charge in [0.15, 0.2) is 0 Å². The lowest BCUT2D eigenvalue weighted by Crippen LogP contribution is -2.48. The number of anilines is 1. The SMILES string of the molecule is Cc1cc(-c2cc(C3CCN(C4CCO4)CC3)n(C(C)C)n2)cnc1N. The Kier molecular flexibility index (Phi) is 4.71. The molecule has 4 rings (SSSR count). The van der Waals surface area contributed by atoms with Gasteiger partial charge in [-0.05, 0) is 51.3 Å². The summed E-state index contributed by atoms with van der Waals surface area (Å²) in [6, 6.07) is 4.68. The van der Waals surface area contributed by atoms with Crippen LogP contribution >= 0.6 is 0 Å². The number of nitrogen functional groups attached to an aromatic ring is 1. The van der Waals surface area contributed by atoms with Gasteiger partial charge in [0.1, 0.15) is 12.0 Å². The fourth-order valence-electron chi connectivity index (χ4n) is 3.99. The quantitative estimate of drug-likeness (QED) is 0.911. The van der Waals surface area contributed by atoms with Crippen molar-refractivity contribution < 1.29 is 4.74 Å². The van der Waals surface area contributed by atoms with Gasteiger partial charge >= 0.3 is 0 Å². The first-order valence-corrected chi connectivity index (χ1v) is 9.70. The van der Waals surface area contributed by atoms with Crippen molar-refractivity contribution >= 4 is 5.82 Å². The Morgan fingerprint density at radius 2 is 1.92 bits per heavy atom. The lowest BCUT2D eigenvalue weighted by molar-refractivity contribution is -0.150. The molecule has 2 aliphatic rings. The average molecular weight is 355 g/mol. The molecule has 0 radical (unpaired) electrons. The highest BCUT2D eigenvalue weighted by molar-refractivity contribution is 5.62. The van der Waals surface area contributed by atoms with Gasteiger partial charge < -0.3 is 10.5 Å². The minimum absolute atomic E-state index is 0.342. The smallest absolute Gasteiger partial charge is 0.126 e. The summed E-state index contributed by atoms with van der Waals surface area (Å²) >= 11 is 0. The molecule has 0 spiro atoms. The maximum absolute atomic E-state index is 5.87. The minimum atomic E-state index is 0.342. The van der Waals surface area contributed by atoms with Crippen LogP contribution in [0.15, 0.2) is 18.3 Å². The molecule has 2 aromatic rings. The van der Waals surface area contributed by atoms with Crippen molar-refractivity contribution in [1.82, 2.24) is 19.7 Å². The van der Waals surface area contributed by atoms with E-state index in [-0.39, 0.29) is 0 Å². The van der Waals surface area contributed by atoms with E-state index in [9.17, 15) is 0 Å². The summed E-state index contributed by atoms with van der Waals surface area (Å²) < 4.78 is 7.84. The number of pyridine rings is 1. The highest BCUT2D eigenvalue weighted by Gasteiger charge is 2.31. The van der Waals surface area contributed by atoms with Crippen LogP contribution in [0.2, 0.25) is 0 Å². The summed E-state index contributed by atoms with van der Waals surface area (Å²) in [7, 11) is 0. The van der Waals surface area contributed by atoms with Gasteiger partial charge in [0.25, 0.3) is 0 Å². The van der Waals surface area contributed by atoms with Crippen molar-refractivity contribution in [3.63, 3.8) is 0 Å². The molecule has 2 saturated heterocycles. The van der Waals surface area contributed by atoms with Gasteiger partial charge in [0, 0.05) is 48.9 Å². The average Bonchev–Trinajstić information content (AvgIpc) is 3.02. The second-order valence-electron chi connectivity index (χ2n) is 7.84. The summed E-state index contributed by atoms with van der Waals surface area (Å²) in [5.41, 5.74) is 10.2. The third-order valence-corrected chi connectivity index (χ3v) is 5.70. The first kappa shape index (κ1) is 17.5. The Morgan fingerprint density at radius 3 is 2.50 bits per heavy atom. The van der Waals surface area contributed by atoms with Crippen molar-refractivity contribution in [2.45, 2.75) is 58.2 Å². The van der Waals surface area contributed by atoms with Crippen molar-refractivity contribution in [3.05, 3.63) is 29.6 Å². The summed E-state index contributed by atoms with van der Waals surface area (Å²) in [5.74, 6) is 1.14. The zero-order valence-corrected chi connectivity index (χ0v) is 16.0. The molecule has 4 heterocycles. The highest BCUT2D eigenvalue weighted by atomic mass is 16.5. The molecule has 1 atom stereocenters. The summed E-state index contributed by atoms with van der Waals surface area (Å²) in [4.78, 5) is 6.79. The highest BCUT2D eigenvalue weighted by Crippen LogP contribution is 2.34. The Morgan fingerprint density at radius 1 is 1.19 bits per heavy atom. The van der Waals surface area contributed by atoms with E-state index in [1.807, 2.05) is 13.1 Å². The fourth-order valence-corrected chi connectivity index (χ4v) is 3.99. The third-order valence-electron chi connectivity index (χ3n) is 5.70. The molecule has 0 aromatic carbocycles. The Balaban J connectivity index is 1.57. The van der Waals surface area contributed by atoms with Gasteiger partial charge in [-0.2, -0.15) is 5.10 Å². The molecule has 6 nitrogen and oxygen atoms in total. The molecule has 0 saturated carbocycles. The normalized spacial score (nSPS) is 21.9. The number of likely N-dealkylation sites (tertiary alicyclic amines) is 1. The number of aromatic nitrogens is 3. The Hall–Kier alpha value is -1.92. The van der Waals surface area contributed by atoms with Crippen molar-refractivity contribution in [3.8, 4) is 11.3 Å². The van der Waals surface area contributed by atoms with Crippen LogP contribution in [-0.2, 0) is 4.74 Å². The van der Waals surface area contributed by atoms with Crippen LogP contribution in [0, 0.1) is 6.92 Å². The van der Waals surface area contributed by atoms with Gasteiger partial charge in [0.05, 0.1) is 12.3 Å². The van der Waals surface area contributed by atoms with E-state index in [1.54, 1.807) is 0 Å². The van der Waals surface area contributed by atoms with E-state index in [1.165, 1.54) is 12.1 Å². The molecule has 0 aliphatic carbocycles. The molecule has 6 heteroatoms. The number of aryl methyl sites for hydroxylation is 1. The molecule has 2 aromatic heterocycles. The number of hydrogen-bond acceptors (Lipinski definition) is 5. The van der Waals surface area contributed by atoms with Crippen LogP contribution in [0.25, 0.3) is 11.3 Å². The first-order chi connectivity index (χ1) is 12.5. The molecular formula is C20H29N5O. The van der Waals surface area contributed by atoms with Crippen molar-refractivity contribution in [1.29, 1.82) is 0 Å². The maximum atomic E-state index is 5.87. The first-order valence-electron chi connectivity index (χ1n) is 9.70. The molecule has 2 N–H and O–H groups in total. The Labute approximate surface area is 155 Å². The summed E-state index contributed by atoms with van der Waals surface area (Å²) in [6.07, 6.45) is 5.70. The Bertz CT molecular complexity index is 773. The lowest BCUT2D eigenvalue weighted by atomic mass is 9.92. The predicted octanol–water partition coefficient (Wildman–Crippen LogP) is 3.34. The van der Waals surface area contributed by atoms with Crippen LogP contribution in [-0.4, -0.2) is 45.6 Å². The number of ether oxygens (including phenoxy) is 1. The number of piperidine rings is 1. The van der Waals surface area contributed by atoms with Crippen LogP contribution in [0.1, 0.15) is 56.3 Å². The van der Waals surface area contributed by atoms with Crippen molar-refractivity contribution in [2.75, 3.05) is 25.4 Å². The number of rotatable bonds is 4. The molecule has 2 aliphatic heterocycles. The van der Waals surface area contributed by atoms with E-state index in [2.05, 4.69) is 40.5 Å².